The Morgan fingerprint density at radius 2 is 2.29 bits per heavy atom. The van der Waals surface area contributed by atoms with Gasteiger partial charge in [-0.3, -0.25) is 0 Å². The number of benzene rings is 1. The number of anilines is 2. The van der Waals surface area contributed by atoms with Gasteiger partial charge in [0.1, 0.15) is 0 Å². The number of nitrogens with one attached hydrogen (secondary N) is 1. The van der Waals surface area contributed by atoms with E-state index in [4.69, 9.17) is 5.73 Å². The lowest BCUT2D eigenvalue weighted by atomic mass is 10.2. The zero-order valence-electron chi connectivity index (χ0n) is 8.26. The standard InChI is InChI=1S/C11H15BrN2/c1-7-4-8(7)6-14-11-5-9(12)2-3-10(11)13/h2-3,5,7-8,14H,4,6,13H2,1H3. The molecular weight excluding hydrogens is 240 g/mol. The molecule has 1 aliphatic carbocycles. The van der Waals surface area contributed by atoms with Crippen LogP contribution in [0, 0.1) is 11.8 Å². The number of rotatable bonds is 3. The lowest BCUT2D eigenvalue weighted by Crippen LogP contribution is -2.06. The number of nitrogens with two attached hydrogens (primary N) is 1. The quantitative estimate of drug-likeness (QED) is 0.814. The van der Waals surface area contributed by atoms with Gasteiger partial charge in [-0.1, -0.05) is 22.9 Å². The minimum atomic E-state index is 0.821. The molecule has 2 atom stereocenters. The molecule has 0 bridgehead atoms. The molecule has 0 heterocycles. The second-order valence-corrected chi connectivity index (χ2v) is 5.00. The van der Waals surface area contributed by atoms with E-state index in [9.17, 15) is 0 Å². The van der Waals surface area contributed by atoms with Crippen LogP contribution in [-0.4, -0.2) is 6.54 Å². The molecule has 0 amide bonds. The van der Waals surface area contributed by atoms with Crippen LogP contribution in [0.15, 0.2) is 22.7 Å². The molecule has 1 saturated carbocycles. The maximum Gasteiger partial charge on any atom is 0.0585 e. The van der Waals surface area contributed by atoms with Gasteiger partial charge < -0.3 is 11.1 Å². The Balaban J connectivity index is 1.97. The summed E-state index contributed by atoms with van der Waals surface area (Å²) in [6, 6.07) is 5.91. The predicted octanol–water partition coefficient (Wildman–Crippen LogP) is 3.10. The van der Waals surface area contributed by atoms with Gasteiger partial charge in [-0.05, 0) is 36.5 Å². The molecule has 0 aliphatic heterocycles. The van der Waals surface area contributed by atoms with Gasteiger partial charge in [0.15, 0.2) is 0 Å². The van der Waals surface area contributed by atoms with E-state index in [0.29, 0.717) is 0 Å². The smallest absolute Gasteiger partial charge is 0.0585 e. The SMILES string of the molecule is CC1CC1CNc1cc(Br)ccc1N. The van der Waals surface area contributed by atoms with Crippen molar-refractivity contribution in [2.45, 2.75) is 13.3 Å². The largest absolute Gasteiger partial charge is 0.397 e. The molecule has 2 unspecified atom stereocenters. The van der Waals surface area contributed by atoms with Gasteiger partial charge in [-0.2, -0.15) is 0 Å². The van der Waals surface area contributed by atoms with E-state index in [1.165, 1.54) is 6.42 Å². The zero-order valence-corrected chi connectivity index (χ0v) is 9.84. The minimum Gasteiger partial charge on any atom is -0.397 e. The van der Waals surface area contributed by atoms with Crippen LogP contribution in [0.4, 0.5) is 11.4 Å². The molecule has 1 aromatic rings. The van der Waals surface area contributed by atoms with Crippen LogP contribution >= 0.6 is 15.9 Å². The monoisotopic (exact) mass is 254 g/mol. The second kappa shape index (κ2) is 3.81. The summed E-state index contributed by atoms with van der Waals surface area (Å²) >= 11 is 3.44. The first-order chi connectivity index (χ1) is 6.66. The fourth-order valence-corrected chi connectivity index (χ4v) is 1.97. The first kappa shape index (κ1) is 9.84. The van der Waals surface area contributed by atoms with E-state index >= 15 is 0 Å². The average Bonchev–Trinajstić information content (AvgIpc) is 2.84. The van der Waals surface area contributed by atoms with Crippen molar-refractivity contribution in [3.05, 3.63) is 22.7 Å². The van der Waals surface area contributed by atoms with Gasteiger partial charge in [-0.25, -0.2) is 0 Å². The van der Waals surface area contributed by atoms with Crippen LogP contribution in [0.5, 0.6) is 0 Å². The van der Waals surface area contributed by atoms with Crippen LogP contribution in [0.2, 0.25) is 0 Å². The molecule has 1 aliphatic rings. The molecule has 2 nitrogen and oxygen atoms in total. The lowest BCUT2D eigenvalue weighted by molar-refractivity contribution is 0.787. The third-order valence-electron chi connectivity index (χ3n) is 2.85. The van der Waals surface area contributed by atoms with Crippen LogP contribution in [-0.2, 0) is 0 Å². The summed E-state index contributed by atoms with van der Waals surface area (Å²) in [5.74, 6) is 1.73. The Morgan fingerprint density at radius 3 is 2.93 bits per heavy atom. The highest BCUT2D eigenvalue weighted by Gasteiger charge is 2.31. The molecular formula is C11H15BrN2. The van der Waals surface area contributed by atoms with Gasteiger partial charge >= 0.3 is 0 Å². The van der Waals surface area contributed by atoms with Crippen molar-refractivity contribution >= 4 is 27.3 Å². The molecule has 3 N–H and O–H groups in total. The summed E-state index contributed by atoms with van der Waals surface area (Å²) in [5, 5.41) is 3.39. The third-order valence-corrected chi connectivity index (χ3v) is 3.34. The Hall–Kier alpha value is -0.700. The molecule has 1 aromatic carbocycles. The topological polar surface area (TPSA) is 38.0 Å². The van der Waals surface area contributed by atoms with Crippen LogP contribution in [0.25, 0.3) is 0 Å². The first-order valence-electron chi connectivity index (χ1n) is 4.95. The van der Waals surface area contributed by atoms with Crippen LogP contribution < -0.4 is 11.1 Å². The highest BCUT2D eigenvalue weighted by molar-refractivity contribution is 9.10. The van der Waals surface area contributed by atoms with Crippen molar-refractivity contribution in [3.63, 3.8) is 0 Å². The van der Waals surface area contributed by atoms with Crippen LogP contribution in [0.3, 0.4) is 0 Å². The predicted molar refractivity (Wildman–Crippen MR) is 64.3 cm³/mol. The van der Waals surface area contributed by atoms with Gasteiger partial charge in [0, 0.05) is 11.0 Å². The molecule has 0 radical (unpaired) electrons. The van der Waals surface area contributed by atoms with Crippen molar-refractivity contribution in [3.8, 4) is 0 Å². The van der Waals surface area contributed by atoms with E-state index < -0.39 is 0 Å². The highest BCUT2D eigenvalue weighted by atomic mass is 79.9. The molecule has 0 aromatic heterocycles. The molecule has 0 spiro atoms. The average molecular weight is 255 g/mol. The molecule has 0 saturated heterocycles. The van der Waals surface area contributed by atoms with E-state index in [1.807, 2.05) is 18.2 Å². The van der Waals surface area contributed by atoms with E-state index in [-0.39, 0.29) is 0 Å². The Morgan fingerprint density at radius 1 is 1.57 bits per heavy atom. The van der Waals surface area contributed by atoms with Crippen molar-refractivity contribution in [2.24, 2.45) is 11.8 Å². The molecule has 2 rings (SSSR count). The van der Waals surface area contributed by atoms with Crippen molar-refractivity contribution in [1.29, 1.82) is 0 Å². The lowest BCUT2D eigenvalue weighted by Gasteiger charge is -2.09. The highest BCUT2D eigenvalue weighted by Crippen LogP contribution is 2.38. The first-order valence-corrected chi connectivity index (χ1v) is 5.75. The number of hydrogen-bond acceptors (Lipinski definition) is 2. The molecule has 3 heteroatoms. The normalized spacial score (nSPS) is 24.7. The minimum absolute atomic E-state index is 0.821. The van der Waals surface area contributed by atoms with Gasteiger partial charge in [0.05, 0.1) is 11.4 Å². The zero-order chi connectivity index (χ0) is 10.1. The number of nitrogen functional groups attached to an aromatic ring is 1. The number of hydrogen-bond donors (Lipinski definition) is 2. The Kier molecular flexibility index (Phi) is 2.68. The van der Waals surface area contributed by atoms with Gasteiger partial charge in [0.25, 0.3) is 0 Å². The summed E-state index contributed by atoms with van der Waals surface area (Å²) in [6.45, 7) is 3.33. The summed E-state index contributed by atoms with van der Waals surface area (Å²) in [5.41, 5.74) is 7.71. The maximum atomic E-state index is 5.85. The molecule has 14 heavy (non-hydrogen) atoms. The van der Waals surface area contributed by atoms with Crippen molar-refractivity contribution in [2.75, 3.05) is 17.6 Å². The summed E-state index contributed by atoms with van der Waals surface area (Å²) < 4.78 is 1.07. The van der Waals surface area contributed by atoms with E-state index in [1.54, 1.807) is 0 Å². The van der Waals surface area contributed by atoms with E-state index in [0.717, 1.165) is 34.2 Å². The second-order valence-electron chi connectivity index (χ2n) is 4.09. The van der Waals surface area contributed by atoms with Crippen molar-refractivity contribution in [1.82, 2.24) is 0 Å². The summed E-state index contributed by atoms with van der Waals surface area (Å²) in [4.78, 5) is 0. The fraction of sp³-hybridized carbons (Fsp3) is 0.455. The molecule has 1 fully saturated rings. The Labute approximate surface area is 93.0 Å². The maximum absolute atomic E-state index is 5.85. The summed E-state index contributed by atoms with van der Waals surface area (Å²) in [7, 11) is 0. The Bertz CT molecular complexity index is 338. The third kappa shape index (κ3) is 2.21. The van der Waals surface area contributed by atoms with Crippen molar-refractivity contribution < 1.29 is 0 Å². The molecule has 76 valence electrons. The van der Waals surface area contributed by atoms with Gasteiger partial charge in [0.2, 0.25) is 0 Å². The van der Waals surface area contributed by atoms with Gasteiger partial charge in [-0.15, -0.1) is 0 Å². The number of halogens is 1. The summed E-state index contributed by atoms with van der Waals surface area (Å²) in [6.07, 6.45) is 1.35. The van der Waals surface area contributed by atoms with E-state index in [2.05, 4.69) is 28.2 Å². The fourth-order valence-electron chi connectivity index (χ4n) is 1.61. The van der Waals surface area contributed by atoms with Crippen LogP contribution in [0.1, 0.15) is 13.3 Å².